The van der Waals surface area contributed by atoms with E-state index < -0.39 is 0 Å². The maximum Gasteiger partial charge on any atom is 0.277 e. The Kier molecular flexibility index (Phi) is 4.57. The molecule has 1 aliphatic heterocycles. The summed E-state index contributed by atoms with van der Waals surface area (Å²) in [5.74, 6) is -0.123. The molecule has 2 unspecified atom stereocenters. The van der Waals surface area contributed by atoms with Crippen molar-refractivity contribution in [3.8, 4) is 0 Å². The molecule has 2 atom stereocenters. The molecule has 1 aromatic carbocycles. The van der Waals surface area contributed by atoms with Crippen LogP contribution in [0.25, 0.3) is 6.08 Å². The van der Waals surface area contributed by atoms with Gasteiger partial charge < -0.3 is 4.74 Å². The number of likely N-dealkylation sites (N-methyl/N-ethyl adjacent to an activating group) is 1. The second-order valence-corrected chi connectivity index (χ2v) is 5.18. The monoisotopic (exact) mass is 275 g/mol. The number of benzene rings is 1. The molecule has 2 rings (SSSR count). The summed E-state index contributed by atoms with van der Waals surface area (Å²) in [6, 6.07) is 10.1. The predicted molar refractivity (Wildman–Crippen MR) is 77.8 cm³/mol. The topological polar surface area (TPSA) is 42.1 Å². The Morgan fingerprint density at radius 2 is 2.15 bits per heavy atom. The molecule has 0 saturated carbocycles. The lowest BCUT2D eigenvalue weighted by atomic mass is 10.0. The van der Waals surface area contributed by atoms with E-state index in [0.29, 0.717) is 0 Å². The number of hydroxylamine groups is 2. The maximum atomic E-state index is 11.9. The molecule has 0 spiro atoms. The summed E-state index contributed by atoms with van der Waals surface area (Å²) < 4.78 is 5.54. The number of allylic oxidation sites excluding steroid dienone is 1. The Labute approximate surface area is 119 Å². The maximum absolute atomic E-state index is 11.9. The summed E-state index contributed by atoms with van der Waals surface area (Å²) >= 11 is 0. The van der Waals surface area contributed by atoms with Crippen molar-refractivity contribution < 1.29 is 14.4 Å². The van der Waals surface area contributed by atoms with Crippen LogP contribution in [-0.2, 0) is 14.4 Å². The zero-order valence-electron chi connectivity index (χ0n) is 12.2. The summed E-state index contributed by atoms with van der Waals surface area (Å²) in [6.45, 7) is 1.97. The van der Waals surface area contributed by atoms with Crippen LogP contribution in [-0.4, -0.2) is 36.8 Å². The number of ether oxygens (including phenoxy) is 1. The van der Waals surface area contributed by atoms with Crippen LogP contribution >= 0.6 is 0 Å². The van der Waals surface area contributed by atoms with Crippen molar-refractivity contribution in [2.45, 2.75) is 31.5 Å². The Morgan fingerprint density at radius 1 is 1.45 bits per heavy atom. The van der Waals surface area contributed by atoms with Gasteiger partial charge in [0.15, 0.2) is 6.10 Å². The van der Waals surface area contributed by atoms with Gasteiger partial charge in [0, 0.05) is 7.05 Å². The van der Waals surface area contributed by atoms with Crippen LogP contribution in [0.5, 0.6) is 0 Å². The number of amides is 1. The summed E-state index contributed by atoms with van der Waals surface area (Å²) in [7, 11) is 3.07. The van der Waals surface area contributed by atoms with E-state index in [4.69, 9.17) is 9.57 Å². The largest absolute Gasteiger partial charge is 0.356 e. The minimum Gasteiger partial charge on any atom is -0.356 e. The third-order valence-corrected chi connectivity index (χ3v) is 3.61. The SMILES string of the molecule is CON(C)C(=O)C1OC1(C)CC/C=C/c1ccccc1. The molecule has 1 aliphatic rings. The molecular weight excluding hydrogens is 254 g/mol. The molecular formula is C16H21NO3. The fourth-order valence-corrected chi connectivity index (χ4v) is 2.15. The second-order valence-electron chi connectivity index (χ2n) is 5.18. The third kappa shape index (κ3) is 3.46. The van der Waals surface area contributed by atoms with Gasteiger partial charge in [0.2, 0.25) is 0 Å². The van der Waals surface area contributed by atoms with E-state index in [1.165, 1.54) is 17.7 Å². The van der Waals surface area contributed by atoms with Gasteiger partial charge in [-0.2, -0.15) is 0 Å². The molecule has 1 amide bonds. The van der Waals surface area contributed by atoms with E-state index in [9.17, 15) is 4.79 Å². The van der Waals surface area contributed by atoms with E-state index >= 15 is 0 Å². The van der Waals surface area contributed by atoms with Gasteiger partial charge in [0.05, 0.1) is 7.11 Å². The van der Waals surface area contributed by atoms with E-state index in [-0.39, 0.29) is 17.6 Å². The van der Waals surface area contributed by atoms with Crippen molar-refractivity contribution in [1.29, 1.82) is 0 Å². The van der Waals surface area contributed by atoms with Crippen LogP contribution in [0, 0.1) is 0 Å². The quantitative estimate of drug-likeness (QED) is 0.592. The molecule has 20 heavy (non-hydrogen) atoms. The normalized spacial score (nSPS) is 24.9. The Bertz CT molecular complexity index is 486. The van der Waals surface area contributed by atoms with E-state index in [1.54, 1.807) is 7.05 Å². The molecule has 0 aliphatic carbocycles. The number of hydrogen-bond acceptors (Lipinski definition) is 3. The first-order chi connectivity index (χ1) is 9.57. The summed E-state index contributed by atoms with van der Waals surface area (Å²) in [6.07, 6.45) is 5.53. The summed E-state index contributed by atoms with van der Waals surface area (Å²) in [4.78, 5) is 16.7. The zero-order valence-corrected chi connectivity index (χ0v) is 12.2. The minimum absolute atomic E-state index is 0.123. The van der Waals surface area contributed by atoms with Gasteiger partial charge in [-0.25, -0.2) is 5.06 Å². The number of carbonyl (C=O) groups is 1. The van der Waals surface area contributed by atoms with Crippen LogP contribution in [0.4, 0.5) is 0 Å². The van der Waals surface area contributed by atoms with Gasteiger partial charge in [-0.1, -0.05) is 42.5 Å². The van der Waals surface area contributed by atoms with Crippen LogP contribution in [0.3, 0.4) is 0 Å². The zero-order chi connectivity index (χ0) is 14.6. The minimum atomic E-state index is -0.377. The van der Waals surface area contributed by atoms with Crippen molar-refractivity contribution in [3.63, 3.8) is 0 Å². The molecule has 0 radical (unpaired) electrons. The predicted octanol–water partition coefficient (Wildman–Crippen LogP) is 2.66. The van der Waals surface area contributed by atoms with Crippen molar-refractivity contribution in [2.24, 2.45) is 0 Å². The average molecular weight is 275 g/mol. The van der Waals surface area contributed by atoms with Crippen molar-refractivity contribution in [1.82, 2.24) is 5.06 Å². The third-order valence-electron chi connectivity index (χ3n) is 3.61. The van der Waals surface area contributed by atoms with Crippen molar-refractivity contribution in [2.75, 3.05) is 14.2 Å². The molecule has 1 saturated heterocycles. The van der Waals surface area contributed by atoms with Gasteiger partial charge in [-0.3, -0.25) is 9.63 Å². The van der Waals surface area contributed by atoms with Gasteiger partial charge in [-0.15, -0.1) is 0 Å². The van der Waals surface area contributed by atoms with Gasteiger partial charge in [0.25, 0.3) is 5.91 Å². The van der Waals surface area contributed by atoms with Gasteiger partial charge in [0.1, 0.15) is 5.60 Å². The van der Waals surface area contributed by atoms with E-state index in [0.717, 1.165) is 12.8 Å². The molecule has 1 heterocycles. The second kappa shape index (κ2) is 6.20. The molecule has 1 fully saturated rings. The average Bonchev–Trinajstić information content (AvgIpc) is 3.15. The van der Waals surface area contributed by atoms with Crippen LogP contribution in [0.2, 0.25) is 0 Å². The lowest BCUT2D eigenvalue weighted by molar-refractivity contribution is -0.170. The number of carbonyl (C=O) groups excluding carboxylic acids is 1. The highest BCUT2D eigenvalue weighted by molar-refractivity contribution is 5.83. The van der Waals surface area contributed by atoms with Crippen LogP contribution < -0.4 is 0 Å². The highest BCUT2D eigenvalue weighted by atomic mass is 16.7. The number of epoxide rings is 1. The molecule has 0 aromatic heterocycles. The Morgan fingerprint density at radius 3 is 2.80 bits per heavy atom. The first-order valence-electron chi connectivity index (χ1n) is 6.78. The highest BCUT2D eigenvalue weighted by Gasteiger charge is 2.57. The van der Waals surface area contributed by atoms with Crippen molar-refractivity contribution in [3.05, 3.63) is 42.0 Å². The summed E-state index contributed by atoms with van der Waals surface area (Å²) in [5.41, 5.74) is 0.825. The molecule has 0 N–H and O–H groups in total. The van der Waals surface area contributed by atoms with Crippen LogP contribution in [0.1, 0.15) is 25.3 Å². The molecule has 108 valence electrons. The number of nitrogens with zero attached hydrogens (tertiary/aromatic N) is 1. The molecule has 4 nitrogen and oxygen atoms in total. The smallest absolute Gasteiger partial charge is 0.277 e. The fraction of sp³-hybridized carbons (Fsp3) is 0.438. The standard InChI is InChI=1S/C16H21NO3/c1-16(14(20-16)15(18)17(2)19-3)12-8-7-11-13-9-5-4-6-10-13/h4-7,9-11,14H,8,12H2,1-3H3/b11-7+. The van der Waals surface area contributed by atoms with E-state index in [1.807, 2.05) is 25.1 Å². The number of hydrogen-bond donors (Lipinski definition) is 0. The van der Waals surface area contributed by atoms with Crippen molar-refractivity contribution >= 4 is 12.0 Å². The first-order valence-corrected chi connectivity index (χ1v) is 6.78. The lowest BCUT2D eigenvalue weighted by Gasteiger charge is -2.12. The van der Waals surface area contributed by atoms with E-state index in [2.05, 4.69) is 24.3 Å². The number of rotatable bonds is 6. The Balaban J connectivity index is 1.78. The molecule has 4 heteroatoms. The summed E-state index contributed by atoms with van der Waals surface area (Å²) in [5, 5.41) is 1.22. The Hall–Kier alpha value is -1.65. The molecule has 0 bridgehead atoms. The van der Waals surface area contributed by atoms with Gasteiger partial charge in [-0.05, 0) is 25.3 Å². The molecule has 1 aromatic rings. The van der Waals surface area contributed by atoms with Crippen LogP contribution in [0.15, 0.2) is 36.4 Å². The highest BCUT2D eigenvalue weighted by Crippen LogP contribution is 2.41. The van der Waals surface area contributed by atoms with Gasteiger partial charge >= 0.3 is 0 Å². The fourth-order valence-electron chi connectivity index (χ4n) is 2.15. The first kappa shape index (κ1) is 14.8. The lowest BCUT2D eigenvalue weighted by Crippen LogP contribution is -2.32.